The van der Waals surface area contributed by atoms with Gasteiger partial charge in [-0.15, -0.1) is 22.7 Å². The van der Waals surface area contributed by atoms with E-state index in [4.69, 9.17) is 4.98 Å². The maximum absolute atomic E-state index is 5.07. The van der Waals surface area contributed by atoms with Crippen LogP contribution in [0.5, 0.6) is 0 Å². The number of aromatic nitrogens is 2. The van der Waals surface area contributed by atoms with E-state index < -0.39 is 0 Å². The summed E-state index contributed by atoms with van der Waals surface area (Å²) in [4.78, 5) is 5.07. The molecule has 182 valence electrons. The van der Waals surface area contributed by atoms with Crippen LogP contribution in [0.4, 0.5) is 0 Å². The average Bonchev–Trinajstić information content (AvgIpc) is 3.68. The summed E-state index contributed by atoms with van der Waals surface area (Å²) in [5, 5.41) is 8.82. The Morgan fingerprint density at radius 3 is 2.21 bits per heavy atom. The smallest absolute Gasteiger partial charge is 0.124 e. The van der Waals surface area contributed by atoms with Crippen molar-refractivity contribution in [2.45, 2.75) is 0 Å². The molecule has 0 amide bonds. The fourth-order valence-corrected chi connectivity index (χ4v) is 8.38. The van der Waals surface area contributed by atoms with Gasteiger partial charge in [0.1, 0.15) is 5.01 Å². The highest BCUT2D eigenvalue weighted by atomic mass is 32.1. The summed E-state index contributed by atoms with van der Waals surface area (Å²) in [5.74, 6) is 0. The van der Waals surface area contributed by atoms with Gasteiger partial charge in [-0.05, 0) is 53.9 Å². The lowest BCUT2D eigenvalue weighted by Gasteiger charge is -2.10. The molecule has 0 atom stereocenters. The van der Waals surface area contributed by atoms with Gasteiger partial charge in [0, 0.05) is 47.6 Å². The molecular formula is C35H20N2S2. The van der Waals surface area contributed by atoms with Crippen molar-refractivity contribution in [3.8, 4) is 16.3 Å². The third kappa shape index (κ3) is 3.04. The SMILES string of the molecule is c1ccc2c(c1)ccc1c3ccccc3n(-c3ccc(-c4nc5ccc6sc7ccccc7c6c5s4)cc3)c21. The van der Waals surface area contributed by atoms with Crippen LogP contribution in [0.1, 0.15) is 0 Å². The maximum Gasteiger partial charge on any atom is 0.124 e. The molecule has 0 fully saturated rings. The number of nitrogens with zero attached hydrogens (tertiary/aromatic N) is 2. The first-order chi connectivity index (χ1) is 19.3. The van der Waals surface area contributed by atoms with E-state index in [1.165, 1.54) is 57.5 Å². The lowest BCUT2D eigenvalue weighted by molar-refractivity contribution is 1.19. The zero-order chi connectivity index (χ0) is 25.5. The Balaban J connectivity index is 1.24. The molecule has 4 heteroatoms. The number of thiophene rings is 1. The van der Waals surface area contributed by atoms with Gasteiger partial charge in [-0.2, -0.15) is 0 Å². The molecule has 0 saturated heterocycles. The first-order valence-electron chi connectivity index (χ1n) is 13.1. The molecule has 6 aromatic carbocycles. The second-order valence-corrected chi connectivity index (χ2v) is 12.1. The number of para-hydroxylation sites is 1. The Kier molecular flexibility index (Phi) is 4.39. The predicted molar refractivity (Wildman–Crippen MR) is 170 cm³/mol. The van der Waals surface area contributed by atoms with Crippen LogP contribution in [0.2, 0.25) is 0 Å². The van der Waals surface area contributed by atoms with Gasteiger partial charge >= 0.3 is 0 Å². The van der Waals surface area contributed by atoms with Crippen LogP contribution >= 0.6 is 22.7 Å². The summed E-state index contributed by atoms with van der Waals surface area (Å²) in [6.07, 6.45) is 0. The number of hydrogen-bond acceptors (Lipinski definition) is 3. The van der Waals surface area contributed by atoms with Crippen molar-refractivity contribution in [1.29, 1.82) is 0 Å². The third-order valence-corrected chi connectivity index (χ3v) is 10.1. The Labute approximate surface area is 232 Å². The summed E-state index contributed by atoms with van der Waals surface area (Å²) in [7, 11) is 0. The third-order valence-electron chi connectivity index (χ3n) is 7.83. The molecule has 0 aliphatic heterocycles. The monoisotopic (exact) mass is 532 g/mol. The summed E-state index contributed by atoms with van der Waals surface area (Å²) in [5.41, 5.74) is 5.87. The average molecular weight is 533 g/mol. The molecular weight excluding hydrogens is 513 g/mol. The van der Waals surface area contributed by atoms with Crippen molar-refractivity contribution >= 4 is 85.6 Å². The molecule has 0 unspecified atom stereocenters. The fourth-order valence-electron chi connectivity index (χ4n) is 6.07. The van der Waals surface area contributed by atoms with Crippen molar-refractivity contribution in [2.24, 2.45) is 0 Å². The number of fused-ring (bicyclic) bond motifs is 10. The fraction of sp³-hybridized carbons (Fsp3) is 0. The van der Waals surface area contributed by atoms with Crippen LogP contribution in [0.25, 0.3) is 79.2 Å². The standard InChI is InChI=1S/C35H20N2S2/c1-2-8-24-21(7-1)15-18-26-25-9-3-5-11-29(25)37(33(24)26)23-16-13-22(14-17-23)35-36-28-19-20-31-32(34(28)39-35)27-10-4-6-12-30(27)38-31/h1-20H. The molecule has 9 rings (SSSR count). The van der Waals surface area contributed by atoms with E-state index >= 15 is 0 Å². The minimum Gasteiger partial charge on any atom is -0.309 e. The highest BCUT2D eigenvalue weighted by Crippen LogP contribution is 2.42. The number of thiazole rings is 1. The lowest BCUT2D eigenvalue weighted by Crippen LogP contribution is -1.94. The van der Waals surface area contributed by atoms with Gasteiger partial charge in [-0.1, -0.05) is 72.8 Å². The first kappa shape index (κ1) is 21.4. The molecule has 0 bridgehead atoms. The highest BCUT2D eigenvalue weighted by Gasteiger charge is 2.16. The van der Waals surface area contributed by atoms with Gasteiger partial charge in [-0.3, -0.25) is 0 Å². The molecule has 0 aliphatic carbocycles. The van der Waals surface area contributed by atoms with E-state index in [-0.39, 0.29) is 0 Å². The number of benzene rings is 6. The van der Waals surface area contributed by atoms with Gasteiger partial charge in [0.15, 0.2) is 0 Å². The minimum absolute atomic E-state index is 1.06. The van der Waals surface area contributed by atoms with E-state index in [1.807, 2.05) is 11.3 Å². The summed E-state index contributed by atoms with van der Waals surface area (Å²) < 4.78 is 6.35. The topological polar surface area (TPSA) is 17.8 Å². The van der Waals surface area contributed by atoms with Crippen LogP contribution in [-0.4, -0.2) is 9.55 Å². The predicted octanol–water partition coefficient (Wildman–Crippen LogP) is 10.6. The molecule has 3 heterocycles. The van der Waals surface area contributed by atoms with Gasteiger partial charge < -0.3 is 4.57 Å². The molecule has 9 aromatic rings. The van der Waals surface area contributed by atoms with Crippen LogP contribution in [0, 0.1) is 0 Å². The molecule has 3 aromatic heterocycles. The second-order valence-electron chi connectivity index (χ2n) is 9.99. The zero-order valence-electron chi connectivity index (χ0n) is 20.8. The molecule has 39 heavy (non-hydrogen) atoms. The number of hydrogen-bond donors (Lipinski definition) is 0. The highest BCUT2D eigenvalue weighted by molar-refractivity contribution is 7.28. The van der Waals surface area contributed by atoms with E-state index in [9.17, 15) is 0 Å². The Morgan fingerprint density at radius 2 is 1.31 bits per heavy atom. The zero-order valence-corrected chi connectivity index (χ0v) is 22.4. The van der Waals surface area contributed by atoms with Crippen LogP contribution in [0.3, 0.4) is 0 Å². The van der Waals surface area contributed by atoms with Gasteiger partial charge in [0.05, 0.1) is 21.3 Å². The van der Waals surface area contributed by atoms with Crippen LogP contribution in [0.15, 0.2) is 121 Å². The molecule has 0 aliphatic rings. The number of rotatable bonds is 2. The van der Waals surface area contributed by atoms with Gasteiger partial charge in [-0.25, -0.2) is 4.98 Å². The quantitative estimate of drug-likeness (QED) is 0.216. The van der Waals surface area contributed by atoms with Crippen molar-refractivity contribution in [1.82, 2.24) is 9.55 Å². The molecule has 0 spiro atoms. The van der Waals surface area contributed by atoms with Crippen molar-refractivity contribution in [3.05, 3.63) is 121 Å². The Bertz CT molecular complexity index is 2390. The van der Waals surface area contributed by atoms with Crippen molar-refractivity contribution in [2.75, 3.05) is 0 Å². The molecule has 0 saturated carbocycles. The largest absolute Gasteiger partial charge is 0.309 e. The lowest BCUT2D eigenvalue weighted by atomic mass is 10.1. The van der Waals surface area contributed by atoms with E-state index in [0.29, 0.717) is 0 Å². The van der Waals surface area contributed by atoms with E-state index in [2.05, 4.69) is 126 Å². The molecule has 0 N–H and O–H groups in total. The summed E-state index contributed by atoms with van der Waals surface area (Å²) >= 11 is 3.66. The second kappa shape index (κ2) is 8.00. The first-order valence-corrected chi connectivity index (χ1v) is 14.7. The Hall–Kier alpha value is -4.51. The minimum atomic E-state index is 1.06. The summed E-state index contributed by atoms with van der Waals surface area (Å²) in [6.45, 7) is 0. The molecule has 2 nitrogen and oxygen atoms in total. The summed E-state index contributed by atoms with van der Waals surface area (Å²) in [6, 6.07) is 43.9. The Morgan fingerprint density at radius 1 is 0.538 bits per heavy atom. The molecule has 0 radical (unpaired) electrons. The normalized spacial score (nSPS) is 12.1. The van der Waals surface area contributed by atoms with Crippen molar-refractivity contribution < 1.29 is 0 Å². The van der Waals surface area contributed by atoms with Gasteiger partial charge in [0.2, 0.25) is 0 Å². The maximum atomic E-state index is 5.07. The van der Waals surface area contributed by atoms with Gasteiger partial charge in [0.25, 0.3) is 0 Å². The van der Waals surface area contributed by atoms with Crippen LogP contribution < -0.4 is 0 Å². The van der Waals surface area contributed by atoms with Crippen molar-refractivity contribution in [3.63, 3.8) is 0 Å². The van der Waals surface area contributed by atoms with Crippen LogP contribution in [-0.2, 0) is 0 Å². The van der Waals surface area contributed by atoms with E-state index in [0.717, 1.165) is 21.8 Å². The van der Waals surface area contributed by atoms with E-state index in [1.54, 1.807) is 11.3 Å².